The van der Waals surface area contributed by atoms with Crippen LogP contribution in [-0.4, -0.2) is 53.3 Å². The molecule has 0 unspecified atom stereocenters. The lowest BCUT2D eigenvalue weighted by molar-refractivity contribution is -0.175. The van der Waals surface area contributed by atoms with Crippen LogP contribution < -0.4 is 10.6 Å². The third kappa shape index (κ3) is 4.07. The van der Waals surface area contributed by atoms with E-state index < -0.39 is 11.6 Å². The van der Waals surface area contributed by atoms with Gasteiger partial charge in [-0.1, -0.05) is 18.2 Å². The van der Waals surface area contributed by atoms with Crippen LogP contribution in [0.25, 0.3) is 6.08 Å². The van der Waals surface area contributed by atoms with Crippen LogP contribution in [0.4, 0.5) is 0 Å². The van der Waals surface area contributed by atoms with E-state index in [0.717, 1.165) is 15.6 Å². The molecule has 0 bridgehead atoms. The molecule has 1 N–H and O–H groups in total. The standard InChI is InChI=1S/C20H26N2O5/c1-19(2)24-12-17(26-19)18-16(25-20(3,4)27-18)11-22(23)10-14-9-13-7-5-6-8-15(13)21-14/h5-10,16-18,23H,11-12H2,1-4H3/b14-10+/t16-,17-,18+/m1/s1. The maximum Gasteiger partial charge on any atom is 0.163 e. The summed E-state index contributed by atoms with van der Waals surface area (Å²) in [6, 6.07) is 7.84. The minimum Gasteiger partial charge on any atom is -0.348 e. The maximum atomic E-state index is 10.5. The summed E-state index contributed by atoms with van der Waals surface area (Å²) in [5.41, 5.74) is 0.690. The minimum absolute atomic E-state index is 0.234. The Bertz CT molecular complexity index is 826. The topological polar surface area (TPSA) is 72.8 Å². The number of hydrogen-bond donors (Lipinski definition) is 1. The molecule has 3 heterocycles. The molecule has 7 nitrogen and oxygen atoms in total. The number of fused-ring (bicyclic) bond motifs is 1. The van der Waals surface area contributed by atoms with Crippen LogP contribution >= 0.6 is 0 Å². The van der Waals surface area contributed by atoms with E-state index >= 15 is 0 Å². The summed E-state index contributed by atoms with van der Waals surface area (Å²) in [6.07, 6.45) is 2.58. The van der Waals surface area contributed by atoms with Crippen molar-refractivity contribution in [3.63, 3.8) is 0 Å². The largest absolute Gasteiger partial charge is 0.348 e. The van der Waals surface area contributed by atoms with E-state index in [-0.39, 0.29) is 24.9 Å². The summed E-state index contributed by atoms with van der Waals surface area (Å²) in [5, 5.41) is 13.5. The fourth-order valence-electron chi connectivity index (χ4n) is 3.69. The molecule has 4 rings (SSSR count). The van der Waals surface area contributed by atoms with E-state index in [0.29, 0.717) is 12.3 Å². The van der Waals surface area contributed by atoms with Gasteiger partial charge in [0.05, 0.1) is 30.4 Å². The Morgan fingerprint density at radius 3 is 2.63 bits per heavy atom. The van der Waals surface area contributed by atoms with Crippen LogP contribution in [0.3, 0.4) is 0 Å². The van der Waals surface area contributed by atoms with E-state index in [1.807, 2.05) is 58.0 Å². The number of para-hydroxylation sites is 1. The summed E-state index contributed by atoms with van der Waals surface area (Å²) in [4.78, 5) is 4.50. The Kier molecular flexibility index (Phi) is 4.60. The first kappa shape index (κ1) is 18.6. The number of rotatable bonds is 4. The Labute approximate surface area is 158 Å². The molecule has 0 aromatic heterocycles. The molecule has 3 aliphatic rings. The molecule has 0 spiro atoms. The highest BCUT2D eigenvalue weighted by Crippen LogP contribution is 2.35. The molecule has 1 aromatic carbocycles. The van der Waals surface area contributed by atoms with Gasteiger partial charge in [-0.2, -0.15) is 0 Å². The van der Waals surface area contributed by atoms with E-state index in [1.54, 1.807) is 6.20 Å². The molecular formula is C20H26N2O5. The van der Waals surface area contributed by atoms with Crippen molar-refractivity contribution in [2.45, 2.75) is 57.6 Å². The van der Waals surface area contributed by atoms with E-state index in [9.17, 15) is 5.21 Å². The van der Waals surface area contributed by atoms with Crippen LogP contribution in [0, 0.1) is 0 Å². The number of benzene rings is 1. The highest BCUT2D eigenvalue weighted by atomic mass is 16.8. The van der Waals surface area contributed by atoms with E-state index in [4.69, 9.17) is 18.9 Å². The fourth-order valence-corrected chi connectivity index (χ4v) is 3.69. The quantitative estimate of drug-likeness (QED) is 0.801. The normalized spacial score (nSPS) is 32.2. The molecule has 0 aliphatic carbocycles. The molecule has 2 saturated heterocycles. The van der Waals surface area contributed by atoms with Gasteiger partial charge in [0.1, 0.15) is 18.3 Å². The molecule has 3 aliphatic heterocycles. The third-order valence-corrected chi connectivity index (χ3v) is 4.76. The molecule has 146 valence electrons. The number of hydrogen-bond acceptors (Lipinski definition) is 7. The van der Waals surface area contributed by atoms with Gasteiger partial charge in [-0.15, -0.1) is 0 Å². The summed E-state index contributed by atoms with van der Waals surface area (Å²) in [7, 11) is 0. The molecule has 1 aromatic rings. The second kappa shape index (κ2) is 6.68. The summed E-state index contributed by atoms with van der Waals surface area (Å²) in [6.45, 7) is 8.13. The van der Waals surface area contributed by atoms with Crippen LogP contribution in [0.1, 0.15) is 27.7 Å². The predicted octanol–water partition coefficient (Wildman–Crippen LogP) is 1.30. The third-order valence-electron chi connectivity index (χ3n) is 4.76. The van der Waals surface area contributed by atoms with Crippen molar-refractivity contribution in [2.24, 2.45) is 4.99 Å². The van der Waals surface area contributed by atoms with Crippen LogP contribution in [-0.2, 0) is 18.9 Å². The lowest BCUT2D eigenvalue weighted by atomic mass is 10.1. The molecule has 2 fully saturated rings. The molecule has 3 atom stereocenters. The monoisotopic (exact) mass is 374 g/mol. The first-order chi connectivity index (χ1) is 12.7. The Morgan fingerprint density at radius 1 is 1.15 bits per heavy atom. The van der Waals surface area contributed by atoms with Crippen LogP contribution in [0.15, 0.2) is 41.2 Å². The summed E-state index contributed by atoms with van der Waals surface area (Å²) < 4.78 is 23.7. The van der Waals surface area contributed by atoms with Gasteiger partial charge in [-0.3, -0.25) is 10.3 Å². The van der Waals surface area contributed by atoms with E-state index in [1.165, 1.54) is 0 Å². The summed E-state index contributed by atoms with van der Waals surface area (Å²) in [5.74, 6) is -1.39. The zero-order valence-corrected chi connectivity index (χ0v) is 16.1. The Balaban J connectivity index is 1.47. The van der Waals surface area contributed by atoms with Crippen molar-refractivity contribution in [1.29, 1.82) is 0 Å². The van der Waals surface area contributed by atoms with Crippen molar-refractivity contribution in [2.75, 3.05) is 13.2 Å². The zero-order valence-electron chi connectivity index (χ0n) is 16.1. The fraction of sp³-hybridized carbons (Fsp3) is 0.550. The first-order valence-corrected chi connectivity index (χ1v) is 9.21. The highest BCUT2D eigenvalue weighted by molar-refractivity contribution is 5.48. The molecule has 27 heavy (non-hydrogen) atoms. The molecule has 0 amide bonds. The van der Waals surface area contributed by atoms with Gasteiger partial charge in [0.25, 0.3) is 0 Å². The second-order valence-electron chi connectivity index (χ2n) is 8.00. The highest BCUT2D eigenvalue weighted by Gasteiger charge is 2.50. The zero-order chi connectivity index (χ0) is 19.2. The minimum atomic E-state index is -0.750. The number of nitrogens with zero attached hydrogens (tertiary/aromatic N) is 2. The van der Waals surface area contributed by atoms with Crippen molar-refractivity contribution in [1.82, 2.24) is 5.06 Å². The number of ether oxygens (including phenoxy) is 4. The van der Waals surface area contributed by atoms with E-state index in [2.05, 4.69) is 4.99 Å². The number of hydroxylamine groups is 2. The molecule has 0 radical (unpaired) electrons. The van der Waals surface area contributed by atoms with Gasteiger partial charge >= 0.3 is 0 Å². The molecular weight excluding hydrogens is 348 g/mol. The Hall–Kier alpha value is -1.77. The SMILES string of the molecule is CC1(C)OC[C@H]([C@H]2OC(C)(C)O[C@@H]2CN(O)/C=C2\C=c3ccccc3=N2)O1. The lowest BCUT2D eigenvalue weighted by Gasteiger charge is -2.25. The average Bonchev–Trinajstić information content (AvgIpc) is 3.21. The average molecular weight is 374 g/mol. The predicted molar refractivity (Wildman–Crippen MR) is 97.0 cm³/mol. The molecule has 7 heteroatoms. The second-order valence-corrected chi connectivity index (χ2v) is 8.00. The van der Waals surface area contributed by atoms with Gasteiger partial charge in [0.2, 0.25) is 0 Å². The lowest BCUT2D eigenvalue weighted by Crippen LogP contribution is -2.42. The maximum absolute atomic E-state index is 10.5. The van der Waals surface area contributed by atoms with Crippen LogP contribution in [0.5, 0.6) is 0 Å². The van der Waals surface area contributed by atoms with Crippen LogP contribution in [0.2, 0.25) is 0 Å². The van der Waals surface area contributed by atoms with Crippen molar-refractivity contribution in [3.05, 3.63) is 46.7 Å². The smallest absolute Gasteiger partial charge is 0.163 e. The Morgan fingerprint density at radius 2 is 1.93 bits per heavy atom. The van der Waals surface area contributed by atoms with Crippen molar-refractivity contribution in [3.8, 4) is 0 Å². The van der Waals surface area contributed by atoms with Crippen molar-refractivity contribution >= 4 is 6.08 Å². The summed E-state index contributed by atoms with van der Waals surface area (Å²) >= 11 is 0. The van der Waals surface area contributed by atoms with Gasteiger partial charge < -0.3 is 18.9 Å². The van der Waals surface area contributed by atoms with Gasteiger partial charge in [-0.05, 0) is 39.8 Å². The molecule has 0 saturated carbocycles. The first-order valence-electron chi connectivity index (χ1n) is 9.21. The van der Waals surface area contributed by atoms with Gasteiger partial charge in [0, 0.05) is 5.22 Å². The number of allylic oxidation sites excluding steroid dienone is 1. The van der Waals surface area contributed by atoms with Gasteiger partial charge in [0.15, 0.2) is 11.6 Å². The van der Waals surface area contributed by atoms with Gasteiger partial charge in [-0.25, -0.2) is 4.99 Å². The van der Waals surface area contributed by atoms with Crippen molar-refractivity contribution < 1.29 is 24.2 Å².